The van der Waals surface area contributed by atoms with Crippen molar-refractivity contribution in [2.24, 2.45) is 0 Å². The number of rotatable bonds is 10. The van der Waals surface area contributed by atoms with Gasteiger partial charge >= 0.3 is 0 Å². The smallest absolute Gasteiger partial charge is 0.272 e. The average Bonchev–Trinajstić information content (AvgIpc) is 2.63. The van der Waals surface area contributed by atoms with Gasteiger partial charge in [0.1, 0.15) is 10.9 Å². The van der Waals surface area contributed by atoms with Crippen LogP contribution in [0.2, 0.25) is 5.15 Å². The topological polar surface area (TPSA) is 102 Å². The lowest BCUT2D eigenvalue weighted by Gasteiger charge is -2.39. The molecule has 3 heterocycles. The van der Waals surface area contributed by atoms with E-state index in [4.69, 9.17) is 16.3 Å². The molecule has 0 spiro atoms. The highest BCUT2D eigenvalue weighted by Gasteiger charge is 2.36. The number of carbonyl (C=O) groups is 1. The van der Waals surface area contributed by atoms with E-state index in [9.17, 15) is 22.0 Å². The van der Waals surface area contributed by atoms with Crippen molar-refractivity contribution in [3.05, 3.63) is 40.2 Å². The first-order valence-corrected chi connectivity index (χ1v) is 12.2. The van der Waals surface area contributed by atoms with E-state index in [1.807, 2.05) is 17.9 Å². The SMILES string of the molecule is Cc1cc(CCC(=O)Cc2cc(Cl)nc(OCC(F)F)c2)nnc1N1CC(S(C)(=O)=O)C1. The van der Waals surface area contributed by atoms with Gasteiger partial charge in [-0.25, -0.2) is 22.2 Å². The Kier molecular flexibility index (Phi) is 7.60. The maximum atomic E-state index is 12.4. The van der Waals surface area contributed by atoms with Gasteiger partial charge in [0.25, 0.3) is 6.43 Å². The number of Topliss-reactive ketones (excluding diaryl/α,β-unsaturated/α-hetero) is 1. The van der Waals surface area contributed by atoms with E-state index in [2.05, 4.69) is 15.2 Å². The van der Waals surface area contributed by atoms with E-state index in [0.29, 0.717) is 36.6 Å². The van der Waals surface area contributed by atoms with Crippen LogP contribution in [0.1, 0.15) is 23.2 Å². The van der Waals surface area contributed by atoms with Crippen molar-refractivity contribution in [1.82, 2.24) is 15.2 Å². The third-order valence-corrected chi connectivity index (χ3v) is 6.71. The molecule has 32 heavy (non-hydrogen) atoms. The fourth-order valence-electron chi connectivity index (χ4n) is 3.28. The van der Waals surface area contributed by atoms with Crippen LogP contribution in [-0.2, 0) is 27.5 Å². The van der Waals surface area contributed by atoms with E-state index < -0.39 is 22.9 Å². The molecule has 0 radical (unpaired) electrons. The number of carbonyl (C=O) groups excluding carboxylic acids is 1. The lowest BCUT2D eigenvalue weighted by Crippen LogP contribution is -2.55. The summed E-state index contributed by atoms with van der Waals surface area (Å²) in [5.74, 6) is 0.499. The van der Waals surface area contributed by atoms with E-state index in [1.54, 1.807) is 0 Å². The van der Waals surface area contributed by atoms with Gasteiger partial charge in [-0.15, -0.1) is 5.10 Å². The van der Waals surface area contributed by atoms with Gasteiger partial charge in [0.15, 0.2) is 22.3 Å². The van der Waals surface area contributed by atoms with Crippen molar-refractivity contribution in [3.8, 4) is 5.88 Å². The lowest BCUT2D eigenvalue weighted by molar-refractivity contribution is -0.118. The molecule has 0 aromatic carbocycles. The van der Waals surface area contributed by atoms with E-state index >= 15 is 0 Å². The highest BCUT2D eigenvalue weighted by molar-refractivity contribution is 7.91. The molecule has 1 saturated heterocycles. The fraction of sp³-hybridized carbons (Fsp3) is 0.500. The summed E-state index contributed by atoms with van der Waals surface area (Å²) in [5, 5.41) is 8.04. The van der Waals surface area contributed by atoms with Crippen molar-refractivity contribution in [1.29, 1.82) is 0 Å². The molecule has 8 nitrogen and oxygen atoms in total. The molecule has 1 aliphatic heterocycles. The Morgan fingerprint density at radius 3 is 2.62 bits per heavy atom. The highest BCUT2D eigenvalue weighted by atomic mass is 35.5. The number of hydrogen-bond donors (Lipinski definition) is 0. The molecule has 174 valence electrons. The van der Waals surface area contributed by atoms with Crippen LogP contribution in [0.3, 0.4) is 0 Å². The second-order valence-corrected chi connectivity index (χ2v) is 10.5. The minimum Gasteiger partial charge on any atom is -0.472 e. The Morgan fingerprint density at radius 2 is 2.00 bits per heavy atom. The predicted octanol–water partition coefficient (Wildman–Crippen LogP) is 2.45. The first-order chi connectivity index (χ1) is 15.0. The Labute approximate surface area is 189 Å². The zero-order chi connectivity index (χ0) is 23.5. The summed E-state index contributed by atoms with van der Waals surface area (Å²) in [6.45, 7) is 1.84. The van der Waals surface area contributed by atoms with Crippen molar-refractivity contribution in [2.45, 2.75) is 37.9 Å². The summed E-state index contributed by atoms with van der Waals surface area (Å²) in [7, 11) is -3.07. The van der Waals surface area contributed by atoms with Crippen molar-refractivity contribution < 1.29 is 26.7 Å². The van der Waals surface area contributed by atoms with Crippen molar-refractivity contribution >= 4 is 33.0 Å². The average molecular weight is 489 g/mol. The van der Waals surface area contributed by atoms with Crippen LogP contribution in [0.5, 0.6) is 5.88 Å². The quantitative estimate of drug-likeness (QED) is 0.470. The number of pyridine rings is 1. The van der Waals surface area contributed by atoms with Crippen LogP contribution in [0.4, 0.5) is 14.6 Å². The Hall–Kier alpha value is -2.40. The van der Waals surface area contributed by atoms with Crippen LogP contribution in [0, 0.1) is 6.92 Å². The fourth-order valence-corrected chi connectivity index (χ4v) is 4.41. The number of hydrogen-bond acceptors (Lipinski definition) is 8. The van der Waals surface area contributed by atoms with E-state index in [-0.39, 0.29) is 34.9 Å². The molecular formula is C20H23ClF2N4O4S. The van der Waals surface area contributed by atoms with Gasteiger partial charge in [0, 0.05) is 38.3 Å². The van der Waals surface area contributed by atoms with Crippen LogP contribution >= 0.6 is 11.6 Å². The third-order valence-electron chi connectivity index (χ3n) is 5.01. The van der Waals surface area contributed by atoms with Crippen LogP contribution < -0.4 is 9.64 Å². The summed E-state index contributed by atoms with van der Waals surface area (Å²) in [6.07, 6.45) is -0.769. The minimum absolute atomic E-state index is 0.0539. The van der Waals surface area contributed by atoms with Gasteiger partial charge in [0.05, 0.1) is 10.9 Å². The lowest BCUT2D eigenvalue weighted by atomic mass is 10.0. The molecule has 12 heteroatoms. The standard InChI is InChI=1S/C20H23ClF2N4O4S/c1-12-5-14(25-26-20(12)27-9-16(10-27)32(2,29)30)3-4-15(28)6-13-7-17(21)24-19(8-13)31-11-18(22)23/h5,7-8,16,18H,3-4,6,9-11H2,1-2H3. The molecule has 0 atom stereocenters. The molecule has 0 amide bonds. The number of alkyl halides is 2. The number of aromatic nitrogens is 3. The van der Waals surface area contributed by atoms with Crippen LogP contribution in [0.15, 0.2) is 18.2 Å². The van der Waals surface area contributed by atoms with Crippen LogP contribution in [0.25, 0.3) is 0 Å². The predicted molar refractivity (Wildman–Crippen MR) is 115 cm³/mol. The number of anilines is 1. The van der Waals surface area contributed by atoms with Gasteiger partial charge in [0.2, 0.25) is 5.88 Å². The Bertz CT molecular complexity index is 1100. The zero-order valence-electron chi connectivity index (χ0n) is 17.6. The highest BCUT2D eigenvalue weighted by Crippen LogP contribution is 2.25. The molecule has 0 bridgehead atoms. The minimum atomic E-state index is -3.07. The summed E-state index contributed by atoms with van der Waals surface area (Å²) >= 11 is 5.88. The monoisotopic (exact) mass is 488 g/mol. The Morgan fingerprint density at radius 1 is 1.28 bits per heavy atom. The largest absolute Gasteiger partial charge is 0.472 e. The molecule has 1 fully saturated rings. The molecule has 0 N–H and O–H groups in total. The number of ether oxygens (including phenoxy) is 1. The van der Waals surface area contributed by atoms with Gasteiger partial charge in [-0.05, 0) is 36.6 Å². The Balaban J connectivity index is 1.54. The molecule has 0 saturated carbocycles. The second kappa shape index (κ2) is 10.0. The van der Waals surface area contributed by atoms with Gasteiger partial charge in [-0.1, -0.05) is 11.6 Å². The van der Waals surface area contributed by atoms with Gasteiger partial charge in [-0.2, -0.15) is 5.10 Å². The molecular weight excluding hydrogens is 466 g/mol. The molecule has 2 aromatic rings. The zero-order valence-corrected chi connectivity index (χ0v) is 19.2. The van der Waals surface area contributed by atoms with E-state index in [0.717, 1.165) is 5.56 Å². The molecule has 1 aliphatic rings. The third kappa shape index (κ3) is 6.55. The number of sulfone groups is 1. The van der Waals surface area contributed by atoms with Crippen LogP contribution in [-0.4, -0.2) is 67.0 Å². The first kappa shape index (κ1) is 24.2. The number of aryl methyl sites for hydroxylation is 2. The van der Waals surface area contributed by atoms with E-state index in [1.165, 1.54) is 18.4 Å². The summed E-state index contributed by atoms with van der Waals surface area (Å²) < 4.78 is 52.6. The summed E-state index contributed by atoms with van der Waals surface area (Å²) in [5.41, 5.74) is 2.03. The number of ketones is 1. The summed E-state index contributed by atoms with van der Waals surface area (Å²) in [6, 6.07) is 4.75. The maximum absolute atomic E-state index is 12.4. The second-order valence-electron chi connectivity index (χ2n) is 7.75. The molecule has 0 unspecified atom stereocenters. The van der Waals surface area contributed by atoms with Crippen molar-refractivity contribution in [3.63, 3.8) is 0 Å². The van der Waals surface area contributed by atoms with Gasteiger partial charge < -0.3 is 9.64 Å². The first-order valence-electron chi connectivity index (χ1n) is 9.87. The van der Waals surface area contributed by atoms with Gasteiger partial charge in [-0.3, -0.25) is 4.79 Å². The normalized spacial score (nSPS) is 14.5. The molecule has 3 rings (SSSR count). The molecule has 2 aromatic heterocycles. The number of nitrogens with zero attached hydrogens (tertiary/aromatic N) is 4. The van der Waals surface area contributed by atoms with Crippen molar-refractivity contribution in [2.75, 3.05) is 30.9 Å². The molecule has 0 aliphatic carbocycles. The maximum Gasteiger partial charge on any atom is 0.272 e. The number of halogens is 3. The summed E-state index contributed by atoms with van der Waals surface area (Å²) in [4.78, 5) is 18.1.